The molecule has 0 amide bonds. The Morgan fingerprint density at radius 1 is 1.25 bits per heavy atom. The number of nitrogens with one attached hydrogen (secondary N) is 2. The maximum atomic E-state index is 13.6. The highest BCUT2D eigenvalue weighted by Gasteiger charge is 2.20. The number of aliphatic imine (C=N–C) groups is 1. The van der Waals surface area contributed by atoms with Gasteiger partial charge < -0.3 is 15.1 Å². The highest BCUT2D eigenvalue weighted by Crippen LogP contribution is 2.26. The van der Waals surface area contributed by atoms with Crippen LogP contribution in [0.5, 0.6) is 0 Å². The van der Waals surface area contributed by atoms with Gasteiger partial charge in [-0.3, -0.25) is 9.88 Å². The fourth-order valence-corrected chi connectivity index (χ4v) is 4.01. The zero-order chi connectivity index (χ0) is 21.6. The van der Waals surface area contributed by atoms with Crippen molar-refractivity contribution in [1.29, 1.82) is 0 Å². The number of rotatable bonds is 6. The van der Waals surface area contributed by atoms with Gasteiger partial charge in [-0.2, -0.15) is 0 Å². The number of benzene rings is 1. The van der Waals surface area contributed by atoms with Crippen molar-refractivity contribution in [3.05, 3.63) is 65.4 Å². The van der Waals surface area contributed by atoms with Crippen LogP contribution in [0.2, 0.25) is 0 Å². The van der Waals surface area contributed by atoms with E-state index < -0.39 is 0 Å². The second-order valence-corrected chi connectivity index (χ2v) is 8.00. The molecule has 0 unspecified atom stereocenters. The van der Waals surface area contributed by atoms with Crippen LogP contribution in [0.3, 0.4) is 0 Å². The van der Waals surface area contributed by atoms with Gasteiger partial charge in [-0.05, 0) is 57.0 Å². The van der Waals surface area contributed by atoms with E-state index in [1.54, 1.807) is 6.07 Å². The summed E-state index contributed by atoms with van der Waals surface area (Å²) >= 11 is 0. The number of piperidine rings is 1. The first-order valence-electron chi connectivity index (χ1n) is 11.0. The van der Waals surface area contributed by atoms with Crippen LogP contribution in [0.1, 0.15) is 36.8 Å². The highest BCUT2D eigenvalue weighted by molar-refractivity contribution is 14.0. The summed E-state index contributed by atoms with van der Waals surface area (Å²) in [5.74, 6) is 1.30. The molecule has 172 valence electrons. The molecule has 8 heteroatoms. The Labute approximate surface area is 205 Å². The lowest BCUT2D eigenvalue weighted by Gasteiger charge is -2.32. The summed E-state index contributed by atoms with van der Waals surface area (Å²) < 4.78 is 19.5. The summed E-state index contributed by atoms with van der Waals surface area (Å²) in [5, 5.41) is 7.70. The molecule has 0 radical (unpaired) electrons. The molecule has 3 aromatic rings. The van der Waals surface area contributed by atoms with E-state index in [2.05, 4.69) is 33.5 Å². The largest absolute Gasteiger partial charge is 0.459 e. The maximum Gasteiger partial charge on any atom is 0.191 e. The van der Waals surface area contributed by atoms with Gasteiger partial charge in [-0.25, -0.2) is 9.38 Å². The molecule has 0 bridgehead atoms. The molecule has 0 aliphatic carbocycles. The summed E-state index contributed by atoms with van der Waals surface area (Å²) in [5.41, 5.74) is 2.75. The third-order valence-corrected chi connectivity index (χ3v) is 5.76. The molecule has 0 saturated carbocycles. The van der Waals surface area contributed by atoms with E-state index in [0.29, 0.717) is 18.2 Å². The third-order valence-electron chi connectivity index (χ3n) is 5.76. The molecule has 6 nitrogen and oxygen atoms in total. The number of aromatic nitrogens is 1. The first kappa shape index (κ1) is 24.4. The summed E-state index contributed by atoms with van der Waals surface area (Å²) in [6, 6.07) is 11.1. The highest BCUT2D eigenvalue weighted by atomic mass is 127. The van der Waals surface area contributed by atoms with Gasteiger partial charge >= 0.3 is 0 Å². The fraction of sp³-hybridized carbons (Fsp3) is 0.417. The fourth-order valence-electron chi connectivity index (χ4n) is 4.01. The minimum absolute atomic E-state index is 0. The Balaban J connectivity index is 0.00000289. The Bertz CT molecular complexity index is 1030. The standard InChI is InChI=1S/C24H30FN5O.HI/c1-3-26-24(28-15-23-17(2)21-14-18(25)7-8-22(21)31-23)29-19-9-12-30(13-10-19)16-20-6-4-5-11-27-20;/h4-8,11,14,19H,3,9-10,12-13,15-16H2,1-2H3,(H2,26,28,29);1H. The second kappa shape index (κ2) is 11.6. The average Bonchev–Trinajstić information content (AvgIpc) is 3.09. The Morgan fingerprint density at radius 2 is 2.06 bits per heavy atom. The van der Waals surface area contributed by atoms with Crippen molar-refractivity contribution in [3.63, 3.8) is 0 Å². The Hall–Kier alpha value is -2.20. The SMILES string of the molecule is CCNC(=NCc1oc2ccc(F)cc2c1C)NC1CCN(Cc2ccccn2)CC1.I. The molecule has 0 spiro atoms. The van der Waals surface area contributed by atoms with Crippen LogP contribution in [0.15, 0.2) is 52.0 Å². The van der Waals surface area contributed by atoms with E-state index in [1.807, 2.05) is 25.3 Å². The van der Waals surface area contributed by atoms with Crippen molar-refractivity contribution in [2.24, 2.45) is 4.99 Å². The van der Waals surface area contributed by atoms with Gasteiger partial charge in [-0.1, -0.05) is 6.07 Å². The first-order valence-corrected chi connectivity index (χ1v) is 11.0. The smallest absolute Gasteiger partial charge is 0.191 e. The summed E-state index contributed by atoms with van der Waals surface area (Å²) in [6.07, 6.45) is 3.96. The third kappa shape index (κ3) is 6.19. The second-order valence-electron chi connectivity index (χ2n) is 8.00. The zero-order valence-corrected chi connectivity index (χ0v) is 20.9. The minimum atomic E-state index is -0.254. The predicted molar refractivity (Wildman–Crippen MR) is 137 cm³/mol. The number of guanidine groups is 1. The molecule has 2 aromatic heterocycles. The van der Waals surface area contributed by atoms with Crippen molar-refractivity contribution in [1.82, 2.24) is 20.5 Å². The molecular formula is C24H31FIN5O. The number of likely N-dealkylation sites (tertiary alicyclic amines) is 1. The summed E-state index contributed by atoms with van der Waals surface area (Å²) in [4.78, 5) is 11.6. The minimum Gasteiger partial charge on any atom is -0.459 e. The van der Waals surface area contributed by atoms with Crippen molar-refractivity contribution >= 4 is 40.9 Å². The molecule has 3 heterocycles. The van der Waals surface area contributed by atoms with Gasteiger partial charge in [-0.15, -0.1) is 24.0 Å². The van der Waals surface area contributed by atoms with E-state index in [9.17, 15) is 4.39 Å². The molecule has 4 rings (SSSR count). The predicted octanol–water partition coefficient (Wildman–Crippen LogP) is 4.61. The van der Waals surface area contributed by atoms with Crippen LogP contribution in [-0.2, 0) is 13.1 Å². The maximum absolute atomic E-state index is 13.6. The number of nitrogens with zero attached hydrogens (tertiary/aromatic N) is 3. The van der Waals surface area contributed by atoms with Crippen LogP contribution in [0.25, 0.3) is 11.0 Å². The molecule has 1 aliphatic rings. The number of hydrogen-bond acceptors (Lipinski definition) is 4. The van der Waals surface area contributed by atoms with Crippen LogP contribution >= 0.6 is 24.0 Å². The molecule has 1 saturated heterocycles. The number of furan rings is 1. The number of hydrogen-bond donors (Lipinski definition) is 2. The molecule has 2 N–H and O–H groups in total. The molecule has 1 fully saturated rings. The molecule has 32 heavy (non-hydrogen) atoms. The van der Waals surface area contributed by atoms with Crippen molar-refractivity contribution in [3.8, 4) is 0 Å². The van der Waals surface area contributed by atoms with Crippen LogP contribution in [0, 0.1) is 12.7 Å². The Morgan fingerprint density at radius 3 is 2.78 bits per heavy atom. The van der Waals surface area contributed by atoms with Crippen LogP contribution < -0.4 is 10.6 Å². The summed E-state index contributed by atoms with van der Waals surface area (Å²) in [6.45, 7) is 8.16. The van der Waals surface area contributed by atoms with Gasteiger partial charge in [0.05, 0.1) is 5.69 Å². The number of halogens is 2. The van der Waals surface area contributed by atoms with Crippen molar-refractivity contribution in [2.45, 2.75) is 45.8 Å². The summed E-state index contributed by atoms with van der Waals surface area (Å²) in [7, 11) is 0. The van der Waals surface area contributed by atoms with Gasteiger partial charge in [0.2, 0.25) is 0 Å². The van der Waals surface area contributed by atoms with Gasteiger partial charge in [0.25, 0.3) is 0 Å². The average molecular weight is 551 g/mol. The van der Waals surface area contributed by atoms with Crippen molar-refractivity contribution < 1.29 is 8.81 Å². The Kier molecular flexibility index (Phi) is 8.86. The van der Waals surface area contributed by atoms with E-state index in [1.165, 1.54) is 12.1 Å². The van der Waals surface area contributed by atoms with Crippen molar-refractivity contribution in [2.75, 3.05) is 19.6 Å². The van der Waals surface area contributed by atoms with Gasteiger partial charge in [0.15, 0.2) is 5.96 Å². The van der Waals surface area contributed by atoms with Crippen LogP contribution in [-0.4, -0.2) is 41.5 Å². The van der Waals surface area contributed by atoms with E-state index >= 15 is 0 Å². The van der Waals surface area contributed by atoms with E-state index in [-0.39, 0.29) is 29.8 Å². The molecule has 1 aromatic carbocycles. The number of aryl methyl sites for hydroxylation is 1. The van der Waals surface area contributed by atoms with Gasteiger partial charge in [0.1, 0.15) is 23.7 Å². The lowest BCUT2D eigenvalue weighted by atomic mass is 10.0. The zero-order valence-electron chi connectivity index (χ0n) is 18.6. The van der Waals surface area contributed by atoms with E-state index in [4.69, 9.17) is 9.41 Å². The lowest BCUT2D eigenvalue weighted by molar-refractivity contribution is 0.196. The quantitative estimate of drug-likeness (QED) is 0.266. The van der Waals surface area contributed by atoms with Gasteiger partial charge in [0, 0.05) is 49.4 Å². The number of fused-ring (bicyclic) bond motifs is 1. The molecule has 1 aliphatic heterocycles. The van der Waals surface area contributed by atoms with E-state index in [0.717, 1.165) is 67.4 Å². The van der Waals surface area contributed by atoms with Crippen LogP contribution in [0.4, 0.5) is 4.39 Å². The lowest BCUT2D eigenvalue weighted by Crippen LogP contribution is -2.48. The topological polar surface area (TPSA) is 65.7 Å². The first-order chi connectivity index (χ1) is 15.1. The number of pyridine rings is 1. The molecular weight excluding hydrogens is 520 g/mol. The monoisotopic (exact) mass is 551 g/mol. The normalized spacial score (nSPS) is 15.5. The molecule has 0 atom stereocenters.